The molecule has 1 aliphatic heterocycles. The molecule has 80 valence electrons. The first-order valence-corrected chi connectivity index (χ1v) is 6.66. The zero-order valence-corrected chi connectivity index (χ0v) is 10.2. The first kappa shape index (κ1) is 9.57. The standard InChI is InChI=1S/C10H12N2OS2/c1-7-6-8-9(14-7)11-10(15-8)12-2-4-13-5-3-12/h6H,2-5H2,1H3. The molecule has 0 unspecified atom stereocenters. The van der Waals surface area contributed by atoms with E-state index in [1.807, 2.05) is 0 Å². The fourth-order valence-electron chi connectivity index (χ4n) is 1.73. The van der Waals surface area contributed by atoms with Gasteiger partial charge in [0.2, 0.25) is 0 Å². The van der Waals surface area contributed by atoms with Crippen LogP contribution in [0.1, 0.15) is 4.88 Å². The molecular formula is C10H12N2OS2. The number of aromatic nitrogens is 1. The van der Waals surface area contributed by atoms with Crippen LogP contribution in [0.25, 0.3) is 9.53 Å². The highest BCUT2D eigenvalue weighted by Gasteiger charge is 2.16. The molecule has 2 aromatic rings. The summed E-state index contributed by atoms with van der Waals surface area (Å²) in [6.45, 7) is 5.73. The maximum Gasteiger partial charge on any atom is 0.187 e. The van der Waals surface area contributed by atoms with Crippen molar-refractivity contribution in [2.75, 3.05) is 31.2 Å². The highest BCUT2D eigenvalue weighted by atomic mass is 32.1. The average molecular weight is 240 g/mol. The van der Waals surface area contributed by atoms with Crippen LogP contribution in [0.15, 0.2) is 6.07 Å². The van der Waals surface area contributed by atoms with Gasteiger partial charge in [-0.15, -0.1) is 11.3 Å². The molecule has 1 aliphatic rings. The molecule has 3 nitrogen and oxygen atoms in total. The SMILES string of the molecule is Cc1cc2sc(N3CCOCC3)nc2s1. The molecule has 3 rings (SSSR count). The Labute approximate surface area is 96.3 Å². The number of nitrogens with zero attached hydrogens (tertiary/aromatic N) is 2. The van der Waals surface area contributed by atoms with Crippen molar-refractivity contribution in [1.29, 1.82) is 0 Å². The summed E-state index contributed by atoms with van der Waals surface area (Å²) in [4.78, 5) is 9.50. The van der Waals surface area contributed by atoms with Crippen molar-refractivity contribution < 1.29 is 4.74 Å². The Morgan fingerprint density at radius 2 is 2.13 bits per heavy atom. The maximum atomic E-state index is 5.33. The Bertz CT molecular complexity index is 439. The van der Waals surface area contributed by atoms with Gasteiger partial charge in [0.05, 0.1) is 17.9 Å². The van der Waals surface area contributed by atoms with Crippen molar-refractivity contribution in [3.05, 3.63) is 10.9 Å². The Morgan fingerprint density at radius 3 is 2.87 bits per heavy atom. The van der Waals surface area contributed by atoms with Gasteiger partial charge in [-0.25, -0.2) is 4.98 Å². The largest absolute Gasteiger partial charge is 0.378 e. The van der Waals surface area contributed by atoms with Crippen LogP contribution in [0.3, 0.4) is 0 Å². The van der Waals surface area contributed by atoms with Gasteiger partial charge >= 0.3 is 0 Å². The Morgan fingerprint density at radius 1 is 1.33 bits per heavy atom. The molecule has 2 aromatic heterocycles. The smallest absolute Gasteiger partial charge is 0.187 e. The Balaban J connectivity index is 1.93. The molecule has 0 amide bonds. The molecule has 0 atom stereocenters. The molecule has 0 bridgehead atoms. The van der Waals surface area contributed by atoms with Crippen molar-refractivity contribution in [3.8, 4) is 0 Å². The molecule has 1 fully saturated rings. The van der Waals surface area contributed by atoms with Crippen LogP contribution < -0.4 is 4.90 Å². The van der Waals surface area contributed by atoms with E-state index in [1.165, 1.54) is 14.4 Å². The molecule has 0 spiro atoms. The minimum atomic E-state index is 0.826. The molecule has 0 aliphatic carbocycles. The number of aryl methyl sites for hydroxylation is 1. The van der Waals surface area contributed by atoms with E-state index in [0.29, 0.717) is 0 Å². The number of fused-ring (bicyclic) bond motifs is 1. The second kappa shape index (κ2) is 3.73. The number of anilines is 1. The van der Waals surface area contributed by atoms with Crippen LogP contribution in [0, 0.1) is 6.92 Å². The van der Waals surface area contributed by atoms with E-state index in [9.17, 15) is 0 Å². The van der Waals surface area contributed by atoms with Crippen LogP contribution in [0.2, 0.25) is 0 Å². The van der Waals surface area contributed by atoms with Crippen molar-refractivity contribution in [3.63, 3.8) is 0 Å². The summed E-state index contributed by atoms with van der Waals surface area (Å²) < 4.78 is 6.65. The van der Waals surface area contributed by atoms with Gasteiger partial charge in [0.25, 0.3) is 0 Å². The van der Waals surface area contributed by atoms with Crippen molar-refractivity contribution >= 4 is 37.3 Å². The van der Waals surface area contributed by atoms with E-state index in [0.717, 1.165) is 31.4 Å². The van der Waals surface area contributed by atoms with E-state index in [4.69, 9.17) is 4.74 Å². The number of rotatable bonds is 1. The highest BCUT2D eigenvalue weighted by Crippen LogP contribution is 2.34. The fraction of sp³-hybridized carbons (Fsp3) is 0.500. The van der Waals surface area contributed by atoms with Gasteiger partial charge in [0.1, 0.15) is 4.83 Å². The summed E-state index contributed by atoms with van der Waals surface area (Å²) in [6, 6.07) is 2.22. The maximum absolute atomic E-state index is 5.33. The summed E-state index contributed by atoms with van der Waals surface area (Å²) in [7, 11) is 0. The van der Waals surface area contributed by atoms with E-state index < -0.39 is 0 Å². The highest BCUT2D eigenvalue weighted by molar-refractivity contribution is 7.29. The summed E-state index contributed by atoms with van der Waals surface area (Å²) in [6.07, 6.45) is 0. The third-order valence-corrected chi connectivity index (χ3v) is 4.62. The summed E-state index contributed by atoms with van der Waals surface area (Å²) in [5, 5.41) is 1.15. The van der Waals surface area contributed by atoms with Crippen molar-refractivity contribution in [2.24, 2.45) is 0 Å². The summed E-state index contributed by atoms with van der Waals surface area (Å²) >= 11 is 3.57. The third kappa shape index (κ3) is 1.75. The van der Waals surface area contributed by atoms with E-state index in [-0.39, 0.29) is 0 Å². The first-order valence-electron chi connectivity index (χ1n) is 5.02. The molecule has 1 saturated heterocycles. The number of ether oxygens (including phenoxy) is 1. The Kier molecular flexibility index (Phi) is 2.38. The van der Waals surface area contributed by atoms with Gasteiger partial charge in [-0.2, -0.15) is 0 Å². The summed E-state index contributed by atoms with van der Waals surface area (Å²) in [5.74, 6) is 0. The number of thiazole rings is 1. The van der Waals surface area contributed by atoms with Crippen LogP contribution >= 0.6 is 22.7 Å². The lowest BCUT2D eigenvalue weighted by atomic mass is 10.5. The molecule has 5 heteroatoms. The minimum Gasteiger partial charge on any atom is -0.378 e. The van der Waals surface area contributed by atoms with Crippen LogP contribution in [0.5, 0.6) is 0 Å². The van der Waals surface area contributed by atoms with Gasteiger partial charge in [0, 0.05) is 18.0 Å². The van der Waals surface area contributed by atoms with Crippen LogP contribution in [-0.2, 0) is 4.74 Å². The number of hydrogen-bond acceptors (Lipinski definition) is 5. The minimum absolute atomic E-state index is 0.826. The zero-order chi connectivity index (χ0) is 10.3. The van der Waals surface area contributed by atoms with Crippen LogP contribution in [0.4, 0.5) is 5.13 Å². The molecule has 3 heterocycles. The lowest BCUT2D eigenvalue weighted by Crippen LogP contribution is -2.36. The third-order valence-electron chi connectivity index (χ3n) is 2.48. The van der Waals surface area contributed by atoms with E-state index >= 15 is 0 Å². The predicted molar refractivity (Wildman–Crippen MR) is 65.3 cm³/mol. The normalized spacial score (nSPS) is 17.5. The topological polar surface area (TPSA) is 25.4 Å². The van der Waals surface area contributed by atoms with E-state index in [1.54, 1.807) is 22.7 Å². The van der Waals surface area contributed by atoms with Gasteiger partial charge in [-0.1, -0.05) is 11.3 Å². The molecule has 0 N–H and O–H groups in total. The van der Waals surface area contributed by atoms with Gasteiger partial charge in [-0.3, -0.25) is 0 Å². The fourth-order valence-corrected chi connectivity index (χ4v) is 3.90. The number of hydrogen-bond donors (Lipinski definition) is 0. The quantitative estimate of drug-likeness (QED) is 0.766. The van der Waals surface area contributed by atoms with Crippen molar-refractivity contribution in [2.45, 2.75) is 6.92 Å². The summed E-state index contributed by atoms with van der Waals surface area (Å²) in [5.41, 5.74) is 0. The average Bonchev–Trinajstić information content (AvgIpc) is 2.76. The van der Waals surface area contributed by atoms with Gasteiger partial charge in [-0.05, 0) is 13.0 Å². The lowest BCUT2D eigenvalue weighted by molar-refractivity contribution is 0.122. The van der Waals surface area contributed by atoms with Crippen molar-refractivity contribution in [1.82, 2.24) is 4.98 Å². The van der Waals surface area contributed by atoms with Gasteiger partial charge in [0.15, 0.2) is 5.13 Å². The lowest BCUT2D eigenvalue weighted by Gasteiger charge is -2.25. The molecule has 0 radical (unpaired) electrons. The predicted octanol–water partition coefficient (Wildman–Crippen LogP) is 2.50. The monoisotopic (exact) mass is 240 g/mol. The molecule has 0 saturated carbocycles. The second-order valence-corrected chi connectivity index (χ2v) is 5.87. The van der Waals surface area contributed by atoms with Crippen LogP contribution in [-0.4, -0.2) is 31.3 Å². The zero-order valence-electron chi connectivity index (χ0n) is 8.52. The van der Waals surface area contributed by atoms with E-state index in [2.05, 4.69) is 22.9 Å². The molecule has 0 aromatic carbocycles. The Hall–Kier alpha value is -0.650. The number of thiophene rings is 1. The molecular weight excluding hydrogens is 228 g/mol. The first-order chi connectivity index (χ1) is 7.33. The van der Waals surface area contributed by atoms with Gasteiger partial charge < -0.3 is 9.64 Å². The second-order valence-electron chi connectivity index (χ2n) is 3.62. The molecule has 15 heavy (non-hydrogen) atoms. The number of morpholine rings is 1.